The molecule has 0 fully saturated rings. The van der Waals surface area contributed by atoms with E-state index >= 15 is 0 Å². The molecule has 0 saturated carbocycles. The van der Waals surface area contributed by atoms with Crippen molar-refractivity contribution < 1.29 is 9.47 Å². The van der Waals surface area contributed by atoms with Gasteiger partial charge in [0, 0.05) is 24.2 Å². The second-order valence-electron chi connectivity index (χ2n) is 5.34. The van der Waals surface area contributed by atoms with Crippen molar-refractivity contribution in [3.05, 3.63) is 58.6 Å². The molecular weight excluding hydrogens is 342 g/mol. The number of aryl methyl sites for hydroxylation is 1. The molecule has 130 valence electrons. The van der Waals surface area contributed by atoms with Gasteiger partial charge >= 0.3 is 0 Å². The molecule has 0 aliphatic rings. The minimum absolute atomic E-state index is 0.373. The van der Waals surface area contributed by atoms with Gasteiger partial charge in [0.1, 0.15) is 6.61 Å². The second-order valence-corrected chi connectivity index (χ2v) is 5.75. The van der Waals surface area contributed by atoms with Crippen LogP contribution in [0.3, 0.4) is 0 Å². The predicted octanol–water partition coefficient (Wildman–Crippen LogP) is 3.06. The zero-order chi connectivity index (χ0) is 17.6. The lowest BCUT2D eigenvalue weighted by Gasteiger charge is -2.13. The number of benzene rings is 2. The first-order valence-corrected chi connectivity index (χ1v) is 8.04. The Balaban J connectivity index is 1.67. The van der Waals surface area contributed by atoms with Gasteiger partial charge in [-0.2, -0.15) is 0 Å². The van der Waals surface area contributed by atoms with Crippen LogP contribution < -0.4 is 14.8 Å². The van der Waals surface area contributed by atoms with Gasteiger partial charge in [0.25, 0.3) is 0 Å². The van der Waals surface area contributed by atoms with Crippen molar-refractivity contribution in [2.45, 2.75) is 13.2 Å². The zero-order valence-electron chi connectivity index (χ0n) is 13.9. The molecular formula is C17H18ClN5O2. The molecule has 0 amide bonds. The molecule has 0 radical (unpaired) electrons. The Morgan fingerprint density at radius 3 is 2.72 bits per heavy atom. The number of methoxy groups -OCH3 is 1. The van der Waals surface area contributed by atoms with E-state index in [4.69, 9.17) is 21.1 Å². The average molecular weight is 360 g/mol. The molecule has 0 aliphatic heterocycles. The number of nitrogens with one attached hydrogen (secondary N) is 1. The topological polar surface area (TPSA) is 74.1 Å². The number of anilines is 1. The number of halogens is 1. The monoisotopic (exact) mass is 359 g/mol. The molecule has 0 saturated heterocycles. The first-order valence-electron chi connectivity index (χ1n) is 7.66. The third-order valence-corrected chi connectivity index (χ3v) is 4.01. The van der Waals surface area contributed by atoms with Crippen molar-refractivity contribution in [1.82, 2.24) is 20.2 Å². The highest BCUT2D eigenvalue weighted by Gasteiger charge is 2.08. The van der Waals surface area contributed by atoms with E-state index in [1.807, 2.05) is 42.5 Å². The number of hydrogen-bond acceptors (Lipinski definition) is 6. The largest absolute Gasteiger partial charge is 0.493 e. The maximum atomic E-state index is 6.15. The number of ether oxygens (including phenoxy) is 2. The Hall–Kier alpha value is -2.80. The van der Waals surface area contributed by atoms with Crippen molar-refractivity contribution >= 4 is 17.5 Å². The standard InChI is InChI=1S/C17H18ClN5O2/c1-23-17(20-21-22-23)19-10-12-7-8-15(16(9-12)24-2)25-11-13-5-3-4-6-14(13)18/h3-9H,10-11H2,1-2H3,(H,19,20,22). The van der Waals surface area contributed by atoms with E-state index in [1.165, 1.54) is 0 Å². The van der Waals surface area contributed by atoms with E-state index in [1.54, 1.807) is 18.8 Å². The first-order chi connectivity index (χ1) is 12.2. The summed E-state index contributed by atoms with van der Waals surface area (Å²) in [6.07, 6.45) is 0. The molecule has 25 heavy (non-hydrogen) atoms. The summed E-state index contributed by atoms with van der Waals surface area (Å²) in [5, 5.41) is 15.1. The Kier molecular flexibility index (Phi) is 5.35. The van der Waals surface area contributed by atoms with Gasteiger partial charge in [-0.05, 0) is 34.2 Å². The Morgan fingerprint density at radius 1 is 1.16 bits per heavy atom. The predicted molar refractivity (Wildman–Crippen MR) is 94.9 cm³/mol. The van der Waals surface area contributed by atoms with Crippen LogP contribution in [-0.4, -0.2) is 27.3 Å². The summed E-state index contributed by atoms with van der Waals surface area (Å²) in [6, 6.07) is 13.3. The quantitative estimate of drug-likeness (QED) is 0.698. The highest BCUT2D eigenvalue weighted by atomic mass is 35.5. The van der Waals surface area contributed by atoms with Crippen molar-refractivity contribution in [3.63, 3.8) is 0 Å². The molecule has 0 unspecified atom stereocenters. The first kappa shape index (κ1) is 17.0. The van der Waals surface area contributed by atoms with Gasteiger partial charge in [-0.1, -0.05) is 41.0 Å². The molecule has 7 nitrogen and oxygen atoms in total. The third-order valence-electron chi connectivity index (χ3n) is 3.64. The van der Waals surface area contributed by atoms with Gasteiger partial charge in [0.05, 0.1) is 7.11 Å². The minimum Gasteiger partial charge on any atom is -0.493 e. The van der Waals surface area contributed by atoms with E-state index in [2.05, 4.69) is 20.8 Å². The van der Waals surface area contributed by atoms with Gasteiger partial charge in [-0.3, -0.25) is 0 Å². The van der Waals surface area contributed by atoms with Crippen molar-refractivity contribution in [3.8, 4) is 11.5 Å². The molecule has 0 aliphatic carbocycles. The van der Waals surface area contributed by atoms with Crippen molar-refractivity contribution in [2.75, 3.05) is 12.4 Å². The number of aromatic nitrogens is 4. The van der Waals surface area contributed by atoms with E-state index in [-0.39, 0.29) is 0 Å². The number of rotatable bonds is 7. The van der Waals surface area contributed by atoms with E-state index in [0.717, 1.165) is 11.1 Å². The minimum atomic E-state index is 0.373. The van der Waals surface area contributed by atoms with Gasteiger partial charge in [0.15, 0.2) is 11.5 Å². The maximum absolute atomic E-state index is 6.15. The number of nitrogens with zero attached hydrogens (tertiary/aromatic N) is 4. The van der Waals surface area contributed by atoms with Crippen LogP contribution in [0.5, 0.6) is 11.5 Å². The van der Waals surface area contributed by atoms with Crippen LogP contribution in [-0.2, 0) is 20.2 Å². The van der Waals surface area contributed by atoms with Gasteiger partial charge < -0.3 is 14.8 Å². The summed E-state index contributed by atoms with van der Waals surface area (Å²) in [6.45, 7) is 0.938. The SMILES string of the molecule is COc1cc(CNc2nnnn2C)ccc1OCc1ccccc1Cl. The summed E-state index contributed by atoms with van der Waals surface area (Å²) in [5.41, 5.74) is 1.94. The lowest BCUT2D eigenvalue weighted by atomic mass is 10.2. The van der Waals surface area contributed by atoms with E-state index < -0.39 is 0 Å². The summed E-state index contributed by atoms with van der Waals surface area (Å²) in [5.74, 6) is 1.91. The number of hydrogen-bond donors (Lipinski definition) is 1. The van der Waals surface area contributed by atoms with Crippen LogP contribution in [0.25, 0.3) is 0 Å². The van der Waals surface area contributed by atoms with Crippen LogP contribution >= 0.6 is 11.6 Å². The van der Waals surface area contributed by atoms with Crippen molar-refractivity contribution in [2.24, 2.45) is 7.05 Å². The van der Waals surface area contributed by atoms with E-state index in [0.29, 0.717) is 35.6 Å². The fourth-order valence-corrected chi connectivity index (χ4v) is 2.46. The highest BCUT2D eigenvalue weighted by Crippen LogP contribution is 2.29. The molecule has 3 rings (SSSR count). The molecule has 1 N–H and O–H groups in total. The van der Waals surface area contributed by atoms with Gasteiger partial charge in [-0.15, -0.1) is 0 Å². The number of tetrazole rings is 1. The Morgan fingerprint density at radius 2 is 2.00 bits per heavy atom. The van der Waals surface area contributed by atoms with Gasteiger partial charge in [0.2, 0.25) is 5.95 Å². The van der Waals surface area contributed by atoms with Gasteiger partial charge in [-0.25, -0.2) is 4.68 Å². The molecule has 0 spiro atoms. The van der Waals surface area contributed by atoms with Crippen LogP contribution in [0.15, 0.2) is 42.5 Å². The molecule has 1 heterocycles. The van der Waals surface area contributed by atoms with E-state index in [9.17, 15) is 0 Å². The molecule has 2 aromatic carbocycles. The Labute approximate surface area is 150 Å². The smallest absolute Gasteiger partial charge is 0.242 e. The fourth-order valence-electron chi connectivity index (χ4n) is 2.27. The molecule has 8 heteroatoms. The summed E-state index contributed by atoms with van der Waals surface area (Å²) >= 11 is 6.15. The highest BCUT2D eigenvalue weighted by molar-refractivity contribution is 6.31. The summed E-state index contributed by atoms with van der Waals surface area (Å²) in [7, 11) is 3.38. The van der Waals surface area contributed by atoms with Crippen LogP contribution in [0.4, 0.5) is 5.95 Å². The second kappa shape index (κ2) is 7.85. The molecule has 3 aromatic rings. The van der Waals surface area contributed by atoms with Crippen LogP contribution in [0, 0.1) is 0 Å². The fraction of sp³-hybridized carbons (Fsp3) is 0.235. The lowest BCUT2D eigenvalue weighted by molar-refractivity contribution is 0.284. The zero-order valence-corrected chi connectivity index (χ0v) is 14.7. The normalized spacial score (nSPS) is 10.5. The molecule has 1 aromatic heterocycles. The van der Waals surface area contributed by atoms with Crippen LogP contribution in [0.1, 0.15) is 11.1 Å². The lowest BCUT2D eigenvalue weighted by Crippen LogP contribution is -2.06. The average Bonchev–Trinajstić information content (AvgIpc) is 3.04. The summed E-state index contributed by atoms with van der Waals surface area (Å²) < 4.78 is 12.9. The third kappa shape index (κ3) is 4.19. The molecule has 0 atom stereocenters. The van der Waals surface area contributed by atoms with Crippen LogP contribution in [0.2, 0.25) is 5.02 Å². The molecule has 0 bridgehead atoms. The Bertz CT molecular complexity index is 853. The van der Waals surface area contributed by atoms with Crippen molar-refractivity contribution in [1.29, 1.82) is 0 Å². The summed E-state index contributed by atoms with van der Waals surface area (Å²) in [4.78, 5) is 0. The maximum Gasteiger partial charge on any atom is 0.242 e.